The molecule has 1 saturated carbocycles. The van der Waals surface area contributed by atoms with Gasteiger partial charge in [0.25, 0.3) is 5.91 Å². The normalized spacial score (nSPS) is 14.8. The van der Waals surface area contributed by atoms with Gasteiger partial charge in [-0.1, -0.05) is 0 Å². The van der Waals surface area contributed by atoms with Gasteiger partial charge in [0.1, 0.15) is 5.82 Å². The lowest BCUT2D eigenvalue weighted by Gasteiger charge is -2.19. The van der Waals surface area contributed by atoms with E-state index in [4.69, 9.17) is 5.73 Å². The zero-order valence-corrected chi connectivity index (χ0v) is 9.39. The van der Waals surface area contributed by atoms with Crippen molar-refractivity contribution in [2.75, 3.05) is 18.8 Å². The quantitative estimate of drug-likeness (QED) is 0.819. The van der Waals surface area contributed by atoms with Crippen LogP contribution in [0.1, 0.15) is 30.3 Å². The third-order valence-corrected chi connectivity index (χ3v) is 2.75. The number of amides is 1. The number of aromatic nitrogens is 2. The number of hydrogen-bond acceptors (Lipinski definition) is 4. The van der Waals surface area contributed by atoms with Crippen molar-refractivity contribution in [1.82, 2.24) is 15.1 Å². The number of carbonyl (C=O) groups excluding carboxylic acids is 1. The third kappa shape index (κ3) is 2.48. The minimum absolute atomic E-state index is 0.0538. The minimum atomic E-state index is -0.0538. The number of hydrogen-bond donors (Lipinski definition) is 1. The van der Waals surface area contributed by atoms with Gasteiger partial charge in [-0.05, 0) is 37.8 Å². The Hall–Kier alpha value is -1.65. The summed E-state index contributed by atoms with van der Waals surface area (Å²) in [5.74, 6) is 0.967. The van der Waals surface area contributed by atoms with Gasteiger partial charge in [0.2, 0.25) is 0 Å². The Labute approximate surface area is 94.6 Å². The largest absolute Gasteiger partial charge is 0.382 e. The van der Waals surface area contributed by atoms with Gasteiger partial charge in [0.15, 0.2) is 5.69 Å². The first kappa shape index (κ1) is 10.9. The molecule has 1 heterocycles. The lowest BCUT2D eigenvalue weighted by Crippen LogP contribution is -2.33. The van der Waals surface area contributed by atoms with E-state index >= 15 is 0 Å². The number of rotatable bonds is 4. The molecule has 0 radical (unpaired) electrons. The summed E-state index contributed by atoms with van der Waals surface area (Å²) in [6.07, 6.45) is 2.47. The van der Waals surface area contributed by atoms with Crippen LogP contribution in [0, 0.1) is 5.92 Å². The van der Waals surface area contributed by atoms with Crippen LogP contribution in [-0.4, -0.2) is 34.1 Å². The second-order valence-corrected chi connectivity index (χ2v) is 4.13. The molecule has 0 atom stereocenters. The van der Waals surface area contributed by atoms with Crippen molar-refractivity contribution in [3.8, 4) is 0 Å². The minimum Gasteiger partial charge on any atom is -0.382 e. The highest BCUT2D eigenvalue weighted by Crippen LogP contribution is 2.29. The molecule has 1 amide bonds. The monoisotopic (exact) mass is 220 g/mol. The molecule has 2 rings (SSSR count). The molecule has 5 nitrogen and oxygen atoms in total. The molecular formula is C11H16N4O. The van der Waals surface area contributed by atoms with Crippen molar-refractivity contribution in [3.63, 3.8) is 0 Å². The van der Waals surface area contributed by atoms with E-state index in [1.54, 1.807) is 12.1 Å². The van der Waals surface area contributed by atoms with Crippen LogP contribution in [0.3, 0.4) is 0 Å². The highest BCUT2D eigenvalue weighted by atomic mass is 16.2. The first-order valence-corrected chi connectivity index (χ1v) is 5.59. The zero-order chi connectivity index (χ0) is 11.5. The lowest BCUT2D eigenvalue weighted by atomic mass is 10.3. The molecular weight excluding hydrogens is 204 g/mol. The standard InChI is InChI=1S/C11H16N4O/c1-2-15(7-8-3-4-8)11(16)9-5-6-10(12)14-13-9/h5-6,8H,2-4,7H2,1H3,(H2,12,14). The average Bonchev–Trinajstić information content (AvgIpc) is 3.10. The molecule has 86 valence electrons. The van der Waals surface area contributed by atoms with E-state index in [1.165, 1.54) is 12.8 Å². The predicted molar refractivity (Wildman–Crippen MR) is 60.7 cm³/mol. The smallest absolute Gasteiger partial charge is 0.274 e. The number of carbonyl (C=O) groups is 1. The van der Waals surface area contributed by atoms with Crippen molar-refractivity contribution in [3.05, 3.63) is 17.8 Å². The summed E-state index contributed by atoms with van der Waals surface area (Å²) in [7, 11) is 0. The van der Waals surface area contributed by atoms with E-state index < -0.39 is 0 Å². The maximum Gasteiger partial charge on any atom is 0.274 e. The van der Waals surface area contributed by atoms with Gasteiger partial charge in [-0.25, -0.2) is 0 Å². The molecule has 0 spiro atoms. The predicted octanol–water partition coefficient (Wildman–Crippen LogP) is 0.931. The number of nitrogens with two attached hydrogens (primary N) is 1. The van der Waals surface area contributed by atoms with Crippen molar-refractivity contribution in [1.29, 1.82) is 0 Å². The highest BCUT2D eigenvalue weighted by molar-refractivity contribution is 5.92. The molecule has 0 bridgehead atoms. The highest BCUT2D eigenvalue weighted by Gasteiger charge is 2.26. The molecule has 1 aliphatic carbocycles. The maximum absolute atomic E-state index is 12.0. The van der Waals surface area contributed by atoms with Gasteiger partial charge in [0, 0.05) is 13.1 Å². The number of anilines is 1. The van der Waals surface area contributed by atoms with Crippen molar-refractivity contribution in [2.24, 2.45) is 5.92 Å². The molecule has 16 heavy (non-hydrogen) atoms. The summed E-state index contributed by atoms with van der Waals surface area (Å²) < 4.78 is 0. The Morgan fingerprint density at radius 2 is 2.25 bits per heavy atom. The van der Waals surface area contributed by atoms with Crippen LogP contribution in [0.5, 0.6) is 0 Å². The first-order valence-electron chi connectivity index (χ1n) is 5.59. The number of nitrogen functional groups attached to an aromatic ring is 1. The Balaban J connectivity index is 2.06. The lowest BCUT2D eigenvalue weighted by molar-refractivity contribution is 0.0750. The van der Waals surface area contributed by atoms with Gasteiger partial charge in [0.05, 0.1) is 0 Å². The first-order chi connectivity index (χ1) is 7.70. The van der Waals surface area contributed by atoms with Crippen molar-refractivity contribution in [2.45, 2.75) is 19.8 Å². The maximum atomic E-state index is 12.0. The van der Waals surface area contributed by atoms with Crippen LogP contribution in [-0.2, 0) is 0 Å². The summed E-state index contributed by atoms with van der Waals surface area (Å²) in [5.41, 5.74) is 5.80. The molecule has 1 fully saturated rings. The summed E-state index contributed by atoms with van der Waals surface area (Å²) in [5, 5.41) is 7.50. The van der Waals surface area contributed by atoms with E-state index in [9.17, 15) is 4.79 Å². The zero-order valence-electron chi connectivity index (χ0n) is 9.39. The van der Waals surface area contributed by atoms with E-state index in [0.29, 0.717) is 24.0 Å². The molecule has 1 aliphatic rings. The summed E-state index contributed by atoms with van der Waals surface area (Å²) in [4.78, 5) is 13.9. The second-order valence-electron chi connectivity index (χ2n) is 4.13. The molecule has 2 N–H and O–H groups in total. The van der Waals surface area contributed by atoms with Gasteiger partial charge >= 0.3 is 0 Å². The van der Waals surface area contributed by atoms with Crippen LogP contribution in [0.25, 0.3) is 0 Å². The van der Waals surface area contributed by atoms with Gasteiger partial charge in [-0.2, -0.15) is 0 Å². The molecule has 0 aromatic carbocycles. The van der Waals surface area contributed by atoms with Crippen molar-refractivity contribution >= 4 is 11.7 Å². The fourth-order valence-corrected chi connectivity index (χ4v) is 1.59. The van der Waals surface area contributed by atoms with Crippen LogP contribution in [0.4, 0.5) is 5.82 Å². The third-order valence-electron chi connectivity index (χ3n) is 2.75. The average molecular weight is 220 g/mol. The molecule has 5 heteroatoms. The van der Waals surface area contributed by atoms with E-state index in [0.717, 1.165) is 6.54 Å². The van der Waals surface area contributed by atoms with Crippen molar-refractivity contribution < 1.29 is 4.79 Å². The van der Waals surface area contributed by atoms with Crippen LogP contribution in [0.15, 0.2) is 12.1 Å². The Morgan fingerprint density at radius 1 is 1.50 bits per heavy atom. The van der Waals surface area contributed by atoms with Gasteiger partial charge in [-0.15, -0.1) is 10.2 Å². The molecule has 0 aliphatic heterocycles. The fraction of sp³-hybridized carbons (Fsp3) is 0.545. The van der Waals surface area contributed by atoms with E-state index in [-0.39, 0.29) is 5.91 Å². The van der Waals surface area contributed by atoms with Crippen LogP contribution in [0.2, 0.25) is 0 Å². The van der Waals surface area contributed by atoms with E-state index in [2.05, 4.69) is 10.2 Å². The van der Waals surface area contributed by atoms with E-state index in [1.807, 2.05) is 11.8 Å². The summed E-state index contributed by atoms with van der Waals surface area (Å²) >= 11 is 0. The van der Waals surface area contributed by atoms with Crippen LogP contribution < -0.4 is 5.73 Å². The summed E-state index contributed by atoms with van der Waals surface area (Å²) in [6.45, 7) is 3.52. The molecule has 1 aromatic rings. The van der Waals surface area contributed by atoms with Crippen LogP contribution >= 0.6 is 0 Å². The Kier molecular flexibility index (Phi) is 3.03. The molecule has 0 unspecified atom stereocenters. The van der Waals surface area contributed by atoms with Gasteiger partial charge in [-0.3, -0.25) is 4.79 Å². The topological polar surface area (TPSA) is 72.1 Å². The second kappa shape index (κ2) is 4.47. The molecule has 1 aromatic heterocycles. The number of nitrogens with zero attached hydrogens (tertiary/aromatic N) is 3. The molecule has 0 saturated heterocycles. The van der Waals surface area contributed by atoms with Gasteiger partial charge < -0.3 is 10.6 Å². The summed E-state index contributed by atoms with van der Waals surface area (Å²) in [6, 6.07) is 3.23. The Bertz CT molecular complexity index is 372. The Morgan fingerprint density at radius 3 is 2.75 bits per heavy atom. The SMILES string of the molecule is CCN(CC1CC1)C(=O)c1ccc(N)nn1. The fourth-order valence-electron chi connectivity index (χ4n) is 1.59.